The van der Waals surface area contributed by atoms with Gasteiger partial charge in [-0.15, -0.1) is 0 Å². The minimum Gasteiger partial charge on any atom is -0.393 e. The maximum absolute atomic E-state index is 13.2. The van der Waals surface area contributed by atoms with Gasteiger partial charge in [0, 0.05) is 17.8 Å². The maximum atomic E-state index is 13.2. The third-order valence-electron chi connectivity index (χ3n) is 3.89. The average Bonchev–Trinajstić information content (AvgIpc) is 2.92. The second-order valence-corrected chi connectivity index (χ2v) is 5.58. The molecule has 0 spiro atoms. The quantitative estimate of drug-likeness (QED) is 0.915. The molecule has 114 valence electrons. The van der Waals surface area contributed by atoms with Crippen molar-refractivity contribution in [2.24, 2.45) is 0 Å². The molecule has 1 aliphatic carbocycles. The number of benzene rings is 1. The molecule has 2 atom stereocenters. The molecule has 1 aromatic carbocycles. The second-order valence-electron chi connectivity index (χ2n) is 5.58. The van der Waals surface area contributed by atoms with E-state index < -0.39 is 0 Å². The number of halogens is 1. The summed E-state index contributed by atoms with van der Waals surface area (Å²) < 4.78 is 13.2. The van der Waals surface area contributed by atoms with Crippen LogP contribution in [0.3, 0.4) is 0 Å². The van der Waals surface area contributed by atoms with Crippen molar-refractivity contribution in [1.82, 2.24) is 10.3 Å². The van der Waals surface area contributed by atoms with Gasteiger partial charge in [-0.1, -0.05) is 12.1 Å². The Labute approximate surface area is 128 Å². The Kier molecular flexibility index (Phi) is 4.15. The van der Waals surface area contributed by atoms with Crippen molar-refractivity contribution < 1.29 is 14.3 Å². The van der Waals surface area contributed by atoms with Gasteiger partial charge in [-0.05, 0) is 43.5 Å². The predicted molar refractivity (Wildman–Crippen MR) is 80.7 cm³/mol. The normalized spacial score (nSPS) is 20.8. The van der Waals surface area contributed by atoms with Gasteiger partial charge in [0.2, 0.25) is 0 Å². The highest BCUT2D eigenvalue weighted by Crippen LogP contribution is 2.20. The van der Waals surface area contributed by atoms with Crippen LogP contribution < -0.4 is 5.32 Å². The summed E-state index contributed by atoms with van der Waals surface area (Å²) in [6.45, 7) is 0. The first-order valence-electron chi connectivity index (χ1n) is 7.33. The topological polar surface area (TPSA) is 62.2 Å². The zero-order chi connectivity index (χ0) is 15.5. The third kappa shape index (κ3) is 3.31. The molecular weight excluding hydrogens is 283 g/mol. The van der Waals surface area contributed by atoms with E-state index in [-0.39, 0.29) is 23.9 Å². The number of aliphatic hydroxyl groups excluding tert-OH is 1. The number of nitrogens with one attached hydrogen (secondary N) is 1. The molecule has 0 bridgehead atoms. The number of nitrogens with zero attached hydrogens (tertiary/aromatic N) is 1. The number of aromatic nitrogens is 1. The molecule has 5 heteroatoms. The van der Waals surface area contributed by atoms with Crippen molar-refractivity contribution in [2.75, 3.05) is 0 Å². The van der Waals surface area contributed by atoms with Crippen LogP contribution in [0.1, 0.15) is 29.6 Å². The minimum atomic E-state index is -0.321. The van der Waals surface area contributed by atoms with Crippen molar-refractivity contribution in [3.05, 3.63) is 54.0 Å². The van der Waals surface area contributed by atoms with Crippen LogP contribution in [-0.4, -0.2) is 28.1 Å². The van der Waals surface area contributed by atoms with E-state index in [0.717, 1.165) is 12.8 Å². The van der Waals surface area contributed by atoms with Crippen LogP contribution in [0.4, 0.5) is 4.39 Å². The number of carbonyl (C=O) groups excluding carboxylic acids is 1. The summed E-state index contributed by atoms with van der Waals surface area (Å²) in [5, 5.41) is 12.4. The number of hydrogen-bond acceptors (Lipinski definition) is 3. The lowest BCUT2D eigenvalue weighted by molar-refractivity contribution is 0.0933. The molecule has 3 rings (SSSR count). The van der Waals surface area contributed by atoms with E-state index in [9.17, 15) is 14.3 Å². The molecule has 4 nitrogen and oxygen atoms in total. The highest BCUT2D eigenvalue weighted by molar-refractivity contribution is 5.94. The van der Waals surface area contributed by atoms with Gasteiger partial charge < -0.3 is 10.4 Å². The van der Waals surface area contributed by atoms with E-state index >= 15 is 0 Å². The molecule has 1 amide bonds. The first kappa shape index (κ1) is 14.7. The Morgan fingerprint density at radius 1 is 1.27 bits per heavy atom. The first-order valence-corrected chi connectivity index (χ1v) is 7.33. The van der Waals surface area contributed by atoms with Gasteiger partial charge in [0.25, 0.3) is 5.91 Å². The molecule has 1 saturated carbocycles. The van der Waals surface area contributed by atoms with Crippen molar-refractivity contribution in [3.63, 3.8) is 0 Å². The summed E-state index contributed by atoms with van der Waals surface area (Å²) in [6.07, 6.45) is 3.28. The Morgan fingerprint density at radius 3 is 2.77 bits per heavy atom. The molecule has 22 heavy (non-hydrogen) atoms. The van der Waals surface area contributed by atoms with Gasteiger partial charge in [-0.25, -0.2) is 4.39 Å². The van der Waals surface area contributed by atoms with E-state index in [1.165, 1.54) is 18.3 Å². The number of pyridine rings is 1. The molecule has 0 saturated heterocycles. The van der Waals surface area contributed by atoms with E-state index in [1.54, 1.807) is 24.3 Å². The van der Waals surface area contributed by atoms with Crippen LogP contribution in [0, 0.1) is 5.82 Å². The van der Waals surface area contributed by atoms with Crippen molar-refractivity contribution >= 4 is 5.91 Å². The minimum absolute atomic E-state index is 0.0189. The molecule has 2 aromatic rings. The fourth-order valence-corrected chi connectivity index (χ4v) is 2.70. The smallest absolute Gasteiger partial charge is 0.253 e. The standard InChI is InChI=1S/C17H17FN2O2/c18-13-3-1-2-11(8-13)16-7-4-12(10-19-16)17(22)20-14-5-6-15(21)9-14/h1-4,7-8,10,14-15,21H,5-6,9H2,(H,20,22)/t14-,15-/m1/s1. The van der Waals surface area contributed by atoms with Crippen LogP contribution in [0.25, 0.3) is 11.3 Å². The Hall–Kier alpha value is -2.27. The Balaban J connectivity index is 1.70. The van der Waals surface area contributed by atoms with E-state index in [0.29, 0.717) is 23.2 Å². The largest absolute Gasteiger partial charge is 0.393 e. The third-order valence-corrected chi connectivity index (χ3v) is 3.89. The fraction of sp³-hybridized carbons (Fsp3) is 0.294. The highest BCUT2D eigenvalue weighted by atomic mass is 19.1. The van der Waals surface area contributed by atoms with Gasteiger partial charge >= 0.3 is 0 Å². The lowest BCUT2D eigenvalue weighted by Crippen LogP contribution is -2.33. The zero-order valence-electron chi connectivity index (χ0n) is 12.0. The lowest BCUT2D eigenvalue weighted by Gasteiger charge is -2.12. The van der Waals surface area contributed by atoms with Crippen LogP contribution in [0.5, 0.6) is 0 Å². The van der Waals surface area contributed by atoms with Crippen LogP contribution in [-0.2, 0) is 0 Å². The Morgan fingerprint density at radius 2 is 2.14 bits per heavy atom. The molecule has 0 radical (unpaired) electrons. The second kappa shape index (κ2) is 6.23. The van der Waals surface area contributed by atoms with Crippen LogP contribution in [0.15, 0.2) is 42.6 Å². The number of hydrogen-bond donors (Lipinski definition) is 2. The van der Waals surface area contributed by atoms with Gasteiger partial charge in [-0.3, -0.25) is 9.78 Å². The monoisotopic (exact) mass is 300 g/mol. The zero-order valence-corrected chi connectivity index (χ0v) is 12.0. The number of amides is 1. The van der Waals surface area contributed by atoms with Crippen molar-refractivity contribution in [1.29, 1.82) is 0 Å². The molecular formula is C17H17FN2O2. The summed E-state index contributed by atoms with van der Waals surface area (Å²) in [5.41, 5.74) is 1.75. The lowest BCUT2D eigenvalue weighted by atomic mass is 10.1. The molecule has 2 N–H and O–H groups in total. The fourth-order valence-electron chi connectivity index (χ4n) is 2.70. The van der Waals surface area contributed by atoms with E-state index in [2.05, 4.69) is 10.3 Å². The van der Waals surface area contributed by atoms with Gasteiger partial charge in [0.1, 0.15) is 5.82 Å². The van der Waals surface area contributed by atoms with Gasteiger partial charge in [0.15, 0.2) is 0 Å². The molecule has 0 unspecified atom stereocenters. The molecule has 1 aromatic heterocycles. The SMILES string of the molecule is O=C(N[C@@H]1CC[C@@H](O)C1)c1ccc(-c2cccc(F)c2)nc1. The van der Waals surface area contributed by atoms with E-state index in [1.807, 2.05) is 0 Å². The van der Waals surface area contributed by atoms with Crippen LogP contribution in [0.2, 0.25) is 0 Å². The number of aliphatic hydroxyl groups is 1. The van der Waals surface area contributed by atoms with Crippen molar-refractivity contribution in [3.8, 4) is 11.3 Å². The summed E-state index contributed by atoms with van der Waals surface area (Å²) in [6, 6.07) is 9.57. The highest BCUT2D eigenvalue weighted by Gasteiger charge is 2.24. The summed E-state index contributed by atoms with van der Waals surface area (Å²) >= 11 is 0. The van der Waals surface area contributed by atoms with Crippen LogP contribution >= 0.6 is 0 Å². The van der Waals surface area contributed by atoms with Gasteiger partial charge in [0.05, 0.1) is 17.4 Å². The summed E-state index contributed by atoms with van der Waals surface area (Å²) in [7, 11) is 0. The van der Waals surface area contributed by atoms with Crippen molar-refractivity contribution in [2.45, 2.75) is 31.4 Å². The Bertz CT molecular complexity index is 673. The molecule has 1 heterocycles. The number of carbonyl (C=O) groups is 1. The maximum Gasteiger partial charge on any atom is 0.253 e. The van der Waals surface area contributed by atoms with E-state index in [4.69, 9.17) is 0 Å². The number of rotatable bonds is 3. The molecule has 0 aliphatic heterocycles. The predicted octanol–water partition coefficient (Wildman–Crippen LogP) is 2.53. The summed E-state index contributed by atoms with van der Waals surface area (Å²) in [5.74, 6) is -0.515. The molecule has 1 aliphatic rings. The summed E-state index contributed by atoms with van der Waals surface area (Å²) in [4.78, 5) is 16.3. The first-order chi connectivity index (χ1) is 10.6. The molecule has 1 fully saturated rings. The van der Waals surface area contributed by atoms with Gasteiger partial charge in [-0.2, -0.15) is 0 Å². The average molecular weight is 300 g/mol.